The van der Waals surface area contributed by atoms with Crippen molar-refractivity contribution < 1.29 is 14.4 Å². The van der Waals surface area contributed by atoms with Crippen molar-refractivity contribution in [1.82, 2.24) is 5.48 Å². The normalized spacial score (nSPS) is 18.0. The van der Waals surface area contributed by atoms with Gasteiger partial charge >= 0.3 is 6.47 Å². The van der Waals surface area contributed by atoms with Crippen molar-refractivity contribution in [1.29, 1.82) is 0 Å². The minimum absolute atomic E-state index is 0.313. The van der Waals surface area contributed by atoms with Crippen LogP contribution < -0.4 is 5.48 Å². The van der Waals surface area contributed by atoms with E-state index < -0.39 is 0 Å². The van der Waals surface area contributed by atoms with Crippen LogP contribution in [0.25, 0.3) is 0 Å². The van der Waals surface area contributed by atoms with Crippen molar-refractivity contribution >= 4 is 12.3 Å². The van der Waals surface area contributed by atoms with E-state index in [9.17, 15) is 4.79 Å². The molecular formula is C6H10N2O3. The third kappa shape index (κ3) is 2.99. The molecule has 0 saturated heterocycles. The SMILES string of the molecule is O=CONC1=NCCCOC1. The highest BCUT2D eigenvalue weighted by Gasteiger charge is 2.02. The highest BCUT2D eigenvalue weighted by molar-refractivity contribution is 5.83. The highest BCUT2D eigenvalue weighted by Crippen LogP contribution is 1.91. The van der Waals surface area contributed by atoms with Crippen LogP contribution in [0.4, 0.5) is 0 Å². The molecule has 62 valence electrons. The third-order valence-electron chi connectivity index (χ3n) is 1.21. The van der Waals surface area contributed by atoms with E-state index in [0.29, 0.717) is 32.1 Å². The first-order valence-electron chi connectivity index (χ1n) is 3.40. The number of hydroxylamine groups is 1. The summed E-state index contributed by atoms with van der Waals surface area (Å²) >= 11 is 0. The zero-order chi connectivity index (χ0) is 7.94. The fourth-order valence-corrected chi connectivity index (χ4v) is 0.749. The molecule has 0 saturated carbocycles. The molecule has 0 aromatic carbocycles. The molecule has 0 aliphatic carbocycles. The summed E-state index contributed by atoms with van der Waals surface area (Å²) in [4.78, 5) is 18.1. The summed E-state index contributed by atoms with van der Waals surface area (Å²) in [5.74, 6) is 0.564. The molecule has 0 aromatic rings. The second-order valence-electron chi connectivity index (χ2n) is 2.05. The molecule has 5 heteroatoms. The molecule has 0 radical (unpaired) electrons. The van der Waals surface area contributed by atoms with Gasteiger partial charge in [-0.1, -0.05) is 0 Å². The quantitative estimate of drug-likeness (QED) is 0.434. The van der Waals surface area contributed by atoms with Crippen LogP contribution in [0.3, 0.4) is 0 Å². The average molecular weight is 158 g/mol. The van der Waals surface area contributed by atoms with Gasteiger partial charge in [0.1, 0.15) is 6.61 Å². The lowest BCUT2D eigenvalue weighted by molar-refractivity contribution is -0.132. The average Bonchev–Trinajstić information content (AvgIpc) is 2.28. The van der Waals surface area contributed by atoms with Crippen molar-refractivity contribution in [2.24, 2.45) is 4.99 Å². The molecule has 0 atom stereocenters. The van der Waals surface area contributed by atoms with E-state index in [-0.39, 0.29) is 0 Å². The number of hydrogen-bond donors (Lipinski definition) is 1. The molecule has 1 aliphatic heterocycles. The number of amidine groups is 1. The Morgan fingerprint density at radius 2 is 2.64 bits per heavy atom. The zero-order valence-electron chi connectivity index (χ0n) is 6.08. The van der Waals surface area contributed by atoms with Crippen LogP contribution >= 0.6 is 0 Å². The van der Waals surface area contributed by atoms with Gasteiger partial charge in [0, 0.05) is 13.2 Å². The second-order valence-corrected chi connectivity index (χ2v) is 2.05. The number of carbonyl (C=O) groups is 1. The molecule has 1 aliphatic rings. The third-order valence-corrected chi connectivity index (χ3v) is 1.21. The van der Waals surface area contributed by atoms with Crippen LogP contribution in [-0.2, 0) is 14.4 Å². The predicted molar refractivity (Wildman–Crippen MR) is 38.0 cm³/mol. The van der Waals surface area contributed by atoms with Crippen LogP contribution in [0.15, 0.2) is 4.99 Å². The van der Waals surface area contributed by atoms with Crippen molar-refractivity contribution in [3.63, 3.8) is 0 Å². The molecule has 0 unspecified atom stereocenters. The summed E-state index contributed by atoms with van der Waals surface area (Å²) < 4.78 is 5.11. The van der Waals surface area contributed by atoms with Gasteiger partial charge in [0.15, 0.2) is 5.84 Å². The van der Waals surface area contributed by atoms with Crippen LogP contribution in [-0.4, -0.2) is 32.1 Å². The number of nitrogens with one attached hydrogen (secondary N) is 1. The first-order valence-corrected chi connectivity index (χ1v) is 3.40. The van der Waals surface area contributed by atoms with E-state index in [1.165, 1.54) is 0 Å². The number of hydrogen-bond acceptors (Lipinski definition) is 5. The lowest BCUT2D eigenvalue weighted by Gasteiger charge is -2.03. The summed E-state index contributed by atoms with van der Waals surface area (Å²) in [5, 5.41) is 0. The van der Waals surface area contributed by atoms with Gasteiger partial charge in [-0.15, -0.1) is 0 Å². The molecule has 1 N–H and O–H groups in total. The van der Waals surface area contributed by atoms with Gasteiger partial charge in [0.05, 0.1) is 0 Å². The molecule has 0 aromatic heterocycles. The fourth-order valence-electron chi connectivity index (χ4n) is 0.749. The Bertz CT molecular complexity index is 158. The monoisotopic (exact) mass is 158 g/mol. The molecule has 1 heterocycles. The van der Waals surface area contributed by atoms with Gasteiger partial charge in [-0.2, -0.15) is 0 Å². The van der Waals surface area contributed by atoms with E-state index >= 15 is 0 Å². The zero-order valence-corrected chi connectivity index (χ0v) is 6.08. The second kappa shape index (κ2) is 4.68. The standard InChI is InChI=1S/C6H10N2O3/c9-5-11-8-6-4-10-3-1-2-7-6/h5H,1-4H2,(H,7,8). The maximum Gasteiger partial charge on any atom is 0.320 e. The maximum atomic E-state index is 9.75. The molecular weight excluding hydrogens is 148 g/mol. The van der Waals surface area contributed by atoms with Crippen LogP contribution in [0.1, 0.15) is 6.42 Å². The van der Waals surface area contributed by atoms with Crippen molar-refractivity contribution in [2.45, 2.75) is 6.42 Å². The van der Waals surface area contributed by atoms with Crippen molar-refractivity contribution in [2.75, 3.05) is 19.8 Å². The first-order chi connectivity index (χ1) is 5.43. The van der Waals surface area contributed by atoms with Crippen LogP contribution in [0.2, 0.25) is 0 Å². The number of carbonyl (C=O) groups excluding carboxylic acids is 1. The number of ether oxygens (including phenoxy) is 1. The summed E-state index contributed by atoms with van der Waals surface area (Å²) in [6.07, 6.45) is 0.909. The Labute approximate surface area is 64.3 Å². The Morgan fingerprint density at radius 3 is 3.45 bits per heavy atom. The molecule has 0 amide bonds. The van der Waals surface area contributed by atoms with E-state index in [4.69, 9.17) is 4.74 Å². The van der Waals surface area contributed by atoms with Crippen molar-refractivity contribution in [3.05, 3.63) is 0 Å². The van der Waals surface area contributed by atoms with Crippen LogP contribution in [0.5, 0.6) is 0 Å². The van der Waals surface area contributed by atoms with E-state index in [1.54, 1.807) is 0 Å². The number of aliphatic imine (C=N–C) groups is 1. The molecule has 1 rings (SSSR count). The van der Waals surface area contributed by atoms with Gasteiger partial charge in [-0.25, -0.2) is 5.48 Å². The Kier molecular flexibility index (Phi) is 3.40. The summed E-state index contributed by atoms with van der Waals surface area (Å²) in [6.45, 7) is 2.11. The number of nitrogens with zero attached hydrogens (tertiary/aromatic N) is 1. The Hall–Kier alpha value is -1.10. The lowest BCUT2D eigenvalue weighted by atomic mass is 10.5. The topological polar surface area (TPSA) is 59.9 Å². The first kappa shape index (κ1) is 8.00. The van der Waals surface area contributed by atoms with E-state index in [2.05, 4.69) is 15.3 Å². The largest absolute Gasteiger partial charge is 0.373 e. The Balaban J connectivity index is 2.28. The molecule has 0 bridgehead atoms. The van der Waals surface area contributed by atoms with Crippen molar-refractivity contribution in [3.8, 4) is 0 Å². The predicted octanol–water partition coefficient (Wildman–Crippen LogP) is -0.517. The van der Waals surface area contributed by atoms with Gasteiger partial charge in [-0.3, -0.25) is 9.79 Å². The minimum atomic E-state index is 0.313. The van der Waals surface area contributed by atoms with Gasteiger partial charge in [0.25, 0.3) is 0 Å². The molecule has 0 spiro atoms. The van der Waals surface area contributed by atoms with E-state index in [1.807, 2.05) is 0 Å². The fraction of sp³-hybridized carbons (Fsp3) is 0.667. The number of rotatable bonds is 2. The summed E-state index contributed by atoms with van der Waals surface area (Å²) in [5.41, 5.74) is 2.37. The molecule has 0 fully saturated rings. The smallest absolute Gasteiger partial charge is 0.320 e. The summed E-state index contributed by atoms with van der Waals surface area (Å²) in [7, 11) is 0. The highest BCUT2D eigenvalue weighted by atomic mass is 16.7. The molecule has 11 heavy (non-hydrogen) atoms. The van der Waals surface area contributed by atoms with Gasteiger partial charge in [0.2, 0.25) is 0 Å². The van der Waals surface area contributed by atoms with Gasteiger partial charge in [-0.05, 0) is 6.42 Å². The lowest BCUT2D eigenvalue weighted by Crippen LogP contribution is -2.27. The van der Waals surface area contributed by atoms with Gasteiger partial charge < -0.3 is 9.57 Å². The minimum Gasteiger partial charge on any atom is -0.373 e. The molecule has 5 nitrogen and oxygen atoms in total. The maximum absolute atomic E-state index is 9.75. The van der Waals surface area contributed by atoms with E-state index in [0.717, 1.165) is 6.42 Å². The van der Waals surface area contributed by atoms with Crippen LogP contribution in [0, 0.1) is 0 Å². The Morgan fingerprint density at radius 1 is 1.73 bits per heavy atom. The summed E-state index contributed by atoms with van der Waals surface area (Å²) in [6, 6.07) is 0.